The molecule has 0 aliphatic rings. The number of alkyl halides is 3. The van der Waals surface area contributed by atoms with Crippen molar-refractivity contribution in [3.8, 4) is 11.5 Å². The maximum atomic E-state index is 13.3. The molecular weight excluding hydrogens is 425 g/mol. The van der Waals surface area contributed by atoms with Crippen LogP contribution >= 0.6 is 0 Å². The molecule has 4 aromatic rings. The zero-order valence-electron chi connectivity index (χ0n) is 16.3. The van der Waals surface area contributed by atoms with Gasteiger partial charge in [0.1, 0.15) is 17.1 Å². The molecule has 6 nitrogen and oxygen atoms in total. The fraction of sp³-hybridized carbons (Fsp3) is 0.0435. The van der Waals surface area contributed by atoms with Gasteiger partial charge < -0.3 is 19.8 Å². The van der Waals surface area contributed by atoms with Gasteiger partial charge in [0, 0.05) is 22.8 Å². The van der Waals surface area contributed by atoms with Crippen molar-refractivity contribution in [2.24, 2.45) is 0 Å². The Morgan fingerprint density at radius 2 is 1.44 bits per heavy atom. The Bertz CT molecular complexity index is 1320. The van der Waals surface area contributed by atoms with Gasteiger partial charge in [0.2, 0.25) is 0 Å². The van der Waals surface area contributed by atoms with E-state index in [1.165, 1.54) is 12.1 Å². The summed E-state index contributed by atoms with van der Waals surface area (Å²) in [5.41, 5.74) is -1.93. The number of benzene rings is 3. The number of carbonyl (C=O) groups is 1. The molecule has 0 saturated heterocycles. The zero-order chi connectivity index (χ0) is 22.7. The summed E-state index contributed by atoms with van der Waals surface area (Å²) in [6.45, 7) is 0. The Kier molecular flexibility index (Phi) is 5.55. The molecule has 0 saturated carbocycles. The number of urea groups is 1. The van der Waals surface area contributed by atoms with Crippen LogP contribution in [-0.4, -0.2) is 6.03 Å². The third kappa shape index (κ3) is 4.89. The zero-order valence-corrected chi connectivity index (χ0v) is 16.3. The molecule has 1 aromatic heterocycles. The quantitative estimate of drug-likeness (QED) is 0.368. The van der Waals surface area contributed by atoms with Crippen molar-refractivity contribution >= 4 is 28.4 Å². The van der Waals surface area contributed by atoms with Gasteiger partial charge >= 0.3 is 17.8 Å². The van der Waals surface area contributed by atoms with Gasteiger partial charge in [-0.05, 0) is 54.6 Å². The molecule has 162 valence electrons. The molecule has 32 heavy (non-hydrogen) atoms. The largest absolute Gasteiger partial charge is 0.457 e. The van der Waals surface area contributed by atoms with Crippen LogP contribution in [0, 0.1) is 0 Å². The molecule has 0 bridgehead atoms. The first kappa shape index (κ1) is 21.0. The fourth-order valence-electron chi connectivity index (χ4n) is 3.00. The molecule has 0 radical (unpaired) electrons. The van der Waals surface area contributed by atoms with Crippen LogP contribution in [0.4, 0.5) is 29.3 Å². The minimum atomic E-state index is -4.75. The lowest BCUT2D eigenvalue weighted by Crippen LogP contribution is -2.19. The van der Waals surface area contributed by atoms with E-state index in [1.807, 2.05) is 18.2 Å². The van der Waals surface area contributed by atoms with Crippen LogP contribution in [0.25, 0.3) is 11.0 Å². The van der Waals surface area contributed by atoms with Gasteiger partial charge in [-0.1, -0.05) is 18.2 Å². The lowest BCUT2D eigenvalue weighted by atomic mass is 10.1. The maximum absolute atomic E-state index is 13.3. The molecule has 0 fully saturated rings. The third-order valence-electron chi connectivity index (χ3n) is 4.40. The summed E-state index contributed by atoms with van der Waals surface area (Å²) in [5.74, 6) is 1.23. The van der Waals surface area contributed by atoms with Crippen molar-refractivity contribution in [3.63, 3.8) is 0 Å². The van der Waals surface area contributed by atoms with Crippen LogP contribution < -0.4 is 21.0 Å². The first-order valence-electron chi connectivity index (χ1n) is 9.34. The van der Waals surface area contributed by atoms with Crippen molar-refractivity contribution < 1.29 is 27.1 Å². The van der Waals surface area contributed by atoms with Gasteiger partial charge in [-0.15, -0.1) is 0 Å². The summed E-state index contributed by atoms with van der Waals surface area (Å²) in [6, 6.07) is 19.1. The van der Waals surface area contributed by atoms with Crippen LogP contribution in [0.5, 0.6) is 11.5 Å². The third-order valence-corrected chi connectivity index (χ3v) is 4.40. The summed E-state index contributed by atoms with van der Waals surface area (Å²) in [5, 5.41) is 4.71. The van der Waals surface area contributed by atoms with Crippen molar-refractivity contribution in [2.75, 3.05) is 10.6 Å². The average Bonchev–Trinajstić information content (AvgIpc) is 2.75. The summed E-state index contributed by atoms with van der Waals surface area (Å²) >= 11 is 0. The van der Waals surface area contributed by atoms with E-state index < -0.39 is 23.4 Å². The number of hydrogen-bond donors (Lipinski definition) is 2. The standard InChI is InChI=1S/C23H15F3N2O4/c24-23(25,26)19-13-21(29)32-20-11-8-15(12-18(19)20)28-22(30)27-14-6-9-17(10-7-14)31-16-4-2-1-3-5-16/h1-13H,(H2,27,28,30). The van der Waals surface area contributed by atoms with Crippen LogP contribution in [0.2, 0.25) is 0 Å². The Morgan fingerprint density at radius 1 is 0.812 bits per heavy atom. The van der Waals surface area contributed by atoms with Crippen LogP contribution in [-0.2, 0) is 6.18 Å². The second-order valence-electron chi connectivity index (χ2n) is 6.71. The average molecular weight is 440 g/mol. The van der Waals surface area contributed by atoms with Crippen LogP contribution in [0.1, 0.15) is 5.56 Å². The second-order valence-corrected chi connectivity index (χ2v) is 6.71. The molecule has 9 heteroatoms. The number of fused-ring (bicyclic) bond motifs is 1. The lowest BCUT2D eigenvalue weighted by Gasteiger charge is -2.12. The number of ether oxygens (including phenoxy) is 1. The van der Waals surface area contributed by atoms with E-state index in [2.05, 4.69) is 10.6 Å². The van der Waals surface area contributed by atoms with Gasteiger partial charge in [-0.3, -0.25) is 0 Å². The summed E-state index contributed by atoms with van der Waals surface area (Å²) in [7, 11) is 0. The summed E-state index contributed by atoms with van der Waals surface area (Å²) < 4.78 is 50.3. The molecular formula is C23H15F3N2O4. The van der Waals surface area contributed by atoms with E-state index in [1.54, 1.807) is 36.4 Å². The topological polar surface area (TPSA) is 80.6 Å². The number of rotatable bonds is 4. The smallest absolute Gasteiger partial charge is 0.417 e. The minimum absolute atomic E-state index is 0.0957. The van der Waals surface area contributed by atoms with E-state index in [9.17, 15) is 22.8 Å². The lowest BCUT2D eigenvalue weighted by molar-refractivity contribution is -0.136. The normalized spacial score (nSPS) is 11.2. The number of carbonyl (C=O) groups excluding carboxylic acids is 1. The van der Waals surface area contributed by atoms with Crippen molar-refractivity contribution in [3.05, 3.63) is 94.8 Å². The highest BCUT2D eigenvalue weighted by molar-refractivity contribution is 6.01. The van der Waals surface area contributed by atoms with Crippen molar-refractivity contribution in [2.45, 2.75) is 6.18 Å². The number of amides is 2. The number of para-hydroxylation sites is 1. The number of halogens is 3. The highest BCUT2D eigenvalue weighted by Gasteiger charge is 2.34. The maximum Gasteiger partial charge on any atom is 0.417 e. The van der Waals surface area contributed by atoms with E-state index in [4.69, 9.17) is 9.15 Å². The first-order chi connectivity index (χ1) is 15.3. The van der Waals surface area contributed by atoms with E-state index >= 15 is 0 Å². The SMILES string of the molecule is O=C(Nc1ccc(Oc2ccccc2)cc1)Nc1ccc2oc(=O)cc(C(F)(F)F)c2c1. The van der Waals surface area contributed by atoms with Gasteiger partial charge in [-0.25, -0.2) is 9.59 Å². The molecule has 4 rings (SSSR count). The summed E-state index contributed by atoms with van der Waals surface area (Å²) in [6.07, 6.45) is -4.75. The van der Waals surface area contributed by atoms with Crippen molar-refractivity contribution in [1.82, 2.24) is 0 Å². The van der Waals surface area contributed by atoms with Crippen LogP contribution in [0.15, 0.2) is 88.1 Å². The Hall–Kier alpha value is -4.27. The van der Waals surface area contributed by atoms with Gasteiger partial charge in [-0.2, -0.15) is 13.2 Å². The molecule has 0 aliphatic heterocycles. The second kappa shape index (κ2) is 8.46. The Labute approximate surface area is 179 Å². The van der Waals surface area contributed by atoms with E-state index in [0.717, 1.165) is 6.07 Å². The predicted molar refractivity (Wildman–Crippen MR) is 113 cm³/mol. The van der Waals surface area contributed by atoms with Gasteiger partial charge in [0.05, 0.1) is 5.56 Å². The van der Waals surface area contributed by atoms with Crippen molar-refractivity contribution in [1.29, 1.82) is 0 Å². The Balaban J connectivity index is 1.47. The van der Waals surface area contributed by atoms with E-state index in [-0.39, 0.29) is 16.7 Å². The van der Waals surface area contributed by atoms with Crippen LogP contribution in [0.3, 0.4) is 0 Å². The fourth-order valence-corrected chi connectivity index (χ4v) is 3.00. The molecule has 2 N–H and O–H groups in total. The monoisotopic (exact) mass is 440 g/mol. The molecule has 0 unspecified atom stereocenters. The van der Waals surface area contributed by atoms with Gasteiger partial charge in [0.15, 0.2) is 0 Å². The molecule has 1 heterocycles. The molecule has 0 spiro atoms. The minimum Gasteiger partial charge on any atom is -0.457 e. The molecule has 0 atom stereocenters. The highest BCUT2D eigenvalue weighted by Crippen LogP contribution is 2.34. The molecule has 3 aromatic carbocycles. The van der Waals surface area contributed by atoms with Gasteiger partial charge in [0.25, 0.3) is 0 Å². The molecule has 0 aliphatic carbocycles. The summed E-state index contributed by atoms with van der Waals surface area (Å²) in [4.78, 5) is 23.7. The number of hydrogen-bond acceptors (Lipinski definition) is 4. The highest BCUT2D eigenvalue weighted by atomic mass is 19.4. The first-order valence-corrected chi connectivity index (χ1v) is 9.34. The predicted octanol–water partition coefficient (Wildman–Crippen LogP) is 6.25. The van der Waals surface area contributed by atoms with E-state index in [0.29, 0.717) is 23.3 Å². The Morgan fingerprint density at radius 3 is 2.12 bits per heavy atom. The molecule has 2 amide bonds. The number of anilines is 2. The number of nitrogens with one attached hydrogen (secondary N) is 2.